The van der Waals surface area contributed by atoms with Gasteiger partial charge >= 0.3 is 5.97 Å². The van der Waals surface area contributed by atoms with Gasteiger partial charge in [0, 0.05) is 0 Å². The number of carbonyl (C=O) groups is 1. The first-order valence-corrected chi connectivity index (χ1v) is 13.2. The van der Waals surface area contributed by atoms with E-state index in [1.54, 1.807) is 0 Å². The Morgan fingerprint density at radius 3 is 2.10 bits per heavy atom. The Labute approximate surface area is 185 Å². The van der Waals surface area contributed by atoms with Crippen LogP contribution in [0.2, 0.25) is 0 Å². The molecule has 3 saturated carbocycles. The topological polar surface area (TPSA) is 50.1 Å². The van der Waals surface area contributed by atoms with E-state index >= 15 is 0 Å². The van der Waals surface area contributed by atoms with Crippen molar-refractivity contribution in [2.45, 2.75) is 129 Å². The second-order valence-electron chi connectivity index (χ2n) is 10.8. The molecule has 3 aliphatic carbocycles. The monoisotopic (exact) mass is 415 g/mol. The maximum absolute atomic E-state index is 12.6. The number of hydrogen-bond donors (Lipinski definition) is 0. The highest BCUT2D eigenvalue weighted by Gasteiger charge is 2.39. The van der Waals surface area contributed by atoms with Gasteiger partial charge < -0.3 is 4.74 Å². The van der Waals surface area contributed by atoms with Crippen molar-refractivity contribution in [1.29, 1.82) is 5.26 Å². The molecule has 0 bridgehead atoms. The van der Waals surface area contributed by atoms with E-state index in [4.69, 9.17) is 4.74 Å². The Morgan fingerprint density at radius 1 is 0.900 bits per heavy atom. The molecule has 0 aromatic carbocycles. The molecule has 170 valence electrons. The van der Waals surface area contributed by atoms with Crippen LogP contribution in [-0.4, -0.2) is 12.1 Å². The Kier molecular flexibility index (Phi) is 9.09. The van der Waals surface area contributed by atoms with Gasteiger partial charge in [0.05, 0.1) is 17.4 Å². The Balaban J connectivity index is 1.37. The van der Waals surface area contributed by atoms with Gasteiger partial charge in [-0.15, -0.1) is 0 Å². The molecule has 3 fully saturated rings. The SMILES string of the molecule is CCCCCC1(C#N)CCC(C2CCC(OC(=O)[C@H]3CC[C@H](CC)CC3)CC2)CC1. The first-order chi connectivity index (χ1) is 14.6. The summed E-state index contributed by atoms with van der Waals surface area (Å²) in [5.74, 6) is 2.66. The number of carbonyl (C=O) groups excluding carboxylic acids is 1. The van der Waals surface area contributed by atoms with Gasteiger partial charge in [-0.1, -0.05) is 39.5 Å². The summed E-state index contributed by atoms with van der Waals surface area (Å²) in [6.45, 7) is 4.50. The fraction of sp³-hybridized carbons (Fsp3) is 0.926. The van der Waals surface area contributed by atoms with Crippen molar-refractivity contribution in [3.05, 3.63) is 0 Å². The summed E-state index contributed by atoms with van der Waals surface area (Å²) in [7, 11) is 0. The smallest absolute Gasteiger partial charge is 0.309 e. The van der Waals surface area contributed by atoms with Gasteiger partial charge in [-0.05, 0) is 101 Å². The zero-order chi connectivity index (χ0) is 21.4. The summed E-state index contributed by atoms with van der Waals surface area (Å²) in [5, 5.41) is 9.79. The van der Waals surface area contributed by atoms with E-state index in [9.17, 15) is 10.1 Å². The van der Waals surface area contributed by atoms with Crippen LogP contribution in [0.1, 0.15) is 123 Å². The summed E-state index contributed by atoms with van der Waals surface area (Å²) in [4.78, 5) is 12.6. The summed E-state index contributed by atoms with van der Waals surface area (Å²) in [6, 6.07) is 2.71. The molecule has 0 aliphatic heterocycles. The van der Waals surface area contributed by atoms with Crippen LogP contribution in [0.15, 0.2) is 0 Å². The number of nitrogens with zero attached hydrogens (tertiary/aromatic N) is 1. The maximum atomic E-state index is 12.6. The average molecular weight is 416 g/mol. The van der Waals surface area contributed by atoms with Gasteiger partial charge in [-0.2, -0.15) is 5.26 Å². The molecule has 0 radical (unpaired) electrons. The van der Waals surface area contributed by atoms with Crippen LogP contribution in [0.3, 0.4) is 0 Å². The lowest BCUT2D eigenvalue weighted by molar-refractivity contribution is -0.157. The molecule has 0 unspecified atom stereocenters. The number of nitriles is 1. The van der Waals surface area contributed by atoms with Gasteiger partial charge in [0.15, 0.2) is 0 Å². The third-order valence-electron chi connectivity index (χ3n) is 8.91. The number of hydrogen-bond acceptors (Lipinski definition) is 3. The third kappa shape index (κ3) is 6.24. The highest BCUT2D eigenvalue weighted by atomic mass is 16.5. The van der Waals surface area contributed by atoms with Crippen molar-refractivity contribution < 1.29 is 9.53 Å². The van der Waals surface area contributed by atoms with Crippen LogP contribution >= 0.6 is 0 Å². The molecular formula is C27H45NO2. The second-order valence-corrected chi connectivity index (χ2v) is 10.8. The summed E-state index contributed by atoms with van der Waals surface area (Å²) in [6.07, 6.45) is 19.9. The van der Waals surface area contributed by atoms with Crippen LogP contribution in [0.25, 0.3) is 0 Å². The lowest BCUT2D eigenvalue weighted by Crippen LogP contribution is -2.34. The molecule has 3 nitrogen and oxygen atoms in total. The summed E-state index contributed by atoms with van der Waals surface area (Å²) in [5.41, 5.74) is -0.0326. The first kappa shape index (κ1) is 23.6. The van der Waals surface area contributed by atoms with Gasteiger partial charge in [0.1, 0.15) is 6.10 Å². The predicted octanol–water partition coefficient (Wildman–Crippen LogP) is 7.59. The van der Waals surface area contributed by atoms with E-state index in [2.05, 4.69) is 19.9 Å². The molecular weight excluding hydrogens is 370 g/mol. The molecule has 3 heteroatoms. The number of unbranched alkanes of at least 4 members (excludes halogenated alkanes) is 2. The Hall–Kier alpha value is -1.04. The van der Waals surface area contributed by atoms with Gasteiger partial charge in [-0.25, -0.2) is 0 Å². The molecule has 0 N–H and O–H groups in total. The first-order valence-electron chi connectivity index (χ1n) is 13.2. The fourth-order valence-corrected chi connectivity index (χ4v) is 6.54. The zero-order valence-corrected chi connectivity index (χ0v) is 19.7. The maximum Gasteiger partial charge on any atom is 0.309 e. The van der Waals surface area contributed by atoms with Gasteiger partial charge in [0.25, 0.3) is 0 Å². The molecule has 3 rings (SSSR count). The number of rotatable bonds is 8. The molecule has 0 aromatic rings. The van der Waals surface area contributed by atoms with Crippen molar-refractivity contribution in [1.82, 2.24) is 0 Å². The fourth-order valence-electron chi connectivity index (χ4n) is 6.54. The Bertz CT molecular complexity index is 556. The van der Waals surface area contributed by atoms with Crippen molar-refractivity contribution in [2.24, 2.45) is 29.1 Å². The van der Waals surface area contributed by atoms with Crippen molar-refractivity contribution in [2.75, 3.05) is 0 Å². The van der Waals surface area contributed by atoms with Crippen LogP contribution < -0.4 is 0 Å². The van der Waals surface area contributed by atoms with Crippen LogP contribution in [0.4, 0.5) is 0 Å². The normalized spacial score (nSPS) is 37.3. The minimum atomic E-state index is -0.0326. The molecule has 0 amide bonds. The van der Waals surface area contributed by atoms with E-state index in [1.807, 2.05) is 0 Å². The molecule has 30 heavy (non-hydrogen) atoms. The molecule has 3 aliphatic rings. The van der Waals surface area contributed by atoms with Crippen molar-refractivity contribution >= 4 is 5.97 Å². The summed E-state index contributed by atoms with van der Waals surface area (Å²) >= 11 is 0. The predicted molar refractivity (Wildman–Crippen MR) is 122 cm³/mol. The van der Waals surface area contributed by atoms with Crippen LogP contribution in [0.5, 0.6) is 0 Å². The highest BCUT2D eigenvalue weighted by molar-refractivity contribution is 5.72. The quantitative estimate of drug-likeness (QED) is 0.303. The lowest BCUT2D eigenvalue weighted by Gasteiger charge is -2.40. The van der Waals surface area contributed by atoms with E-state index in [1.165, 1.54) is 64.2 Å². The van der Waals surface area contributed by atoms with Crippen molar-refractivity contribution in [3.8, 4) is 6.07 Å². The third-order valence-corrected chi connectivity index (χ3v) is 8.91. The molecule has 0 saturated heterocycles. The van der Waals surface area contributed by atoms with E-state index < -0.39 is 0 Å². The minimum Gasteiger partial charge on any atom is -0.462 e. The van der Waals surface area contributed by atoms with Crippen LogP contribution in [0, 0.1) is 40.4 Å². The molecule has 0 aromatic heterocycles. The average Bonchev–Trinajstić information content (AvgIpc) is 2.80. The second kappa shape index (κ2) is 11.5. The number of ether oxygens (including phenoxy) is 1. The lowest BCUT2D eigenvalue weighted by atomic mass is 9.64. The molecule has 0 atom stereocenters. The number of esters is 1. The largest absolute Gasteiger partial charge is 0.462 e. The summed E-state index contributed by atoms with van der Waals surface area (Å²) < 4.78 is 5.96. The van der Waals surface area contributed by atoms with E-state index in [0.29, 0.717) is 0 Å². The zero-order valence-electron chi connectivity index (χ0n) is 19.7. The van der Waals surface area contributed by atoms with Gasteiger partial charge in [-0.3, -0.25) is 4.79 Å². The van der Waals surface area contributed by atoms with Gasteiger partial charge in [0.2, 0.25) is 0 Å². The Morgan fingerprint density at radius 2 is 1.53 bits per heavy atom. The van der Waals surface area contributed by atoms with E-state index in [-0.39, 0.29) is 23.4 Å². The molecule has 0 spiro atoms. The molecule has 0 heterocycles. The standard InChI is InChI=1S/C27H45NO2/c1-3-5-6-17-27(20-28)18-15-23(16-19-27)22-11-13-25(14-12-22)30-26(29)24-9-7-21(4-2)8-10-24/h21-25H,3-19H2,1-2H3/t21-,22?,23?,24-,25?,27?. The highest BCUT2D eigenvalue weighted by Crippen LogP contribution is 2.47. The van der Waals surface area contributed by atoms with Crippen molar-refractivity contribution in [3.63, 3.8) is 0 Å². The minimum absolute atomic E-state index is 0.0326. The van der Waals surface area contributed by atoms with E-state index in [0.717, 1.165) is 62.7 Å². The van der Waals surface area contributed by atoms with Crippen LogP contribution in [-0.2, 0) is 9.53 Å².